The largest absolute Gasteiger partial charge is 0.310 e. The number of para-hydroxylation sites is 1. The van der Waals surface area contributed by atoms with Crippen molar-refractivity contribution in [2.24, 2.45) is 0 Å². The van der Waals surface area contributed by atoms with Gasteiger partial charge in [0, 0.05) is 12.2 Å². The molecule has 3 rings (SSSR count). The molecule has 1 atom stereocenters. The topological polar surface area (TPSA) is 57.7 Å². The van der Waals surface area contributed by atoms with E-state index in [1.807, 2.05) is 43.3 Å². The third-order valence-corrected chi connectivity index (χ3v) is 6.28. The molecule has 144 valence electrons. The molecule has 0 fully saturated rings. The molecular formula is C21H26N2O3S. The molecule has 0 saturated heterocycles. The lowest BCUT2D eigenvalue weighted by Crippen LogP contribution is -2.50. The average molecular weight is 387 g/mol. The summed E-state index contributed by atoms with van der Waals surface area (Å²) < 4.78 is 26.3. The van der Waals surface area contributed by atoms with Gasteiger partial charge in [-0.05, 0) is 55.5 Å². The van der Waals surface area contributed by atoms with E-state index in [0.29, 0.717) is 12.2 Å². The highest BCUT2D eigenvalue weighted by Crippen LogP contribution is 2.29. The van der Waals surface area contributed by atoms with Crippen molar-refractivity contribution in [2.45, 2.75) is 39.2 Å². The highest BCUT2D eigenvalue weighted by Gasteiger charge is 2.34. The van der Waals surface area contributed by atoms with Gasteiger partial charge in [0.25, 0.3) is 5.91 Å². The second kappa shape index (κ2) is 7.72. The smallest absolute Gasteiger partial charge is 0.250 e. The standard InChI is InChI=1S/C21H26N2O3S/c1-4-17-11-13-19(14-12-17)23(27(3,25)26)16(2)21(24)22-15-7-9-18-8-5-6-10-20(18)22/h5-6,8,10-14,16H,4,7,9,15H2,1-3H3/t16-/m1/s1. The summed E-state index contributed by atoms with van der Waals surface area (Å²) in [5.41, 5.74) is 3.65. The number of carbonyl (C=O) groups excluding carboxylic acids is 1. The van der Waals surface area contributed by atoms with Gasteiger partial charge in [-0.1, -0.05) is 37.3 Å². The zero-order chi connectivity index (χ0) is 19.6. The van der Waals surface area contributed by atoms with Crippen molar-refractivity contribution in [1.82, 2.24) is 0 Å². The summed E-state index contributed by atoms with van der Waals surface area (Å²) in [5.74, 6) is -0.202. The number of fused-ring (bicyclic) bond motifs is 1. The van der Waals surface area contributed by atoms with Crippen LogP contribution in [0.25, 0.3) is 0 Å². The zero-order valence-corrected chi connectivity index (χ0v) is 16.9. The number of sulfonamides is 1. The maximum atomic E-state index is 13.3. The normalized spacial score (nSPS) is 15.1. The Bertz CT molecular complexity index is 923. The number of amides is 1. The van der Waals surface area contributed by atoms with Crippen molar-refractivity contribution in [3.8, 4) is 0 Å². The fraction of sp³-hybridized carbons (Fsp3) is 0.381. The molecule has 1 aliphatic rings. The van der Waals surface area contributed by atoms with E-state index >= 15 is 0 Å². The van der Waals surface area contributed by atoms with Gasteiger partial charge in [-0.2, -0.15) is 0 Å². The summed E-state index contributed by atoms with van der Waals surface area (Å²) >= 11 is 0. The number of nitrogens with zero attached hydrogens (tertiary/aromatic N) is 2. The fourth-order valence-corrected chi connectivity index (χ4v) is 4.84. The van der Waals surface area contributed by atoms with E-state index in [1.165, 1.54) is 4.31 Å². The predicted octanol–water partition coefficient (Wildman–Crippen LogP) is 3.38. The van der Waals surface area contributed by atoms with E-state index in [1.54, 1.807) is 24.0 Å². The minimum absolute atomic E-state index is 0.202. The number of benzene rings is 2. The molecule has 0 bridgehead atoms. The van der Waals surface area contributed by atoms with Crippen LogP contribution in [0.5, 0.6) is 0 Å². The van der Waals surface area contributed by atoms with Gasteiger partial charge in [0.1, 0.15) is 6.04 Å². The number of anilines is 2. The van der Waals surface area contributed by atoms with Gasteiger partial charge in [0.2, 0.25) is 10.0 Å². The Labute approximate surface area is 161 Å². The van der Waals surface area contributed by atoms with E-state index in [0.717, 1.165) is 42.3 Å². The summed E-state index contributed by atoms with van der Waals surface area (Å²) in [6.07, 6.45) is 3.83. The van der Waals surface area contributed by atoms with Crippen LogP contribution < -0.4 is 9.21 Å². The van der Waals surface area contributed by atoms with E-state index < -0.39 is 16.1 Å². The third-order valence-electron chi connectivity index (χ3n) is 5.04. The lowest BCUT2D eigenvalue weighted by Gasteiger charge is -2.35. The van der Waals surface area contributed by atoms with Crippen molar-refractivity contribution < 1.29 is 13.2 Å². The molecule has 0 spiro atoms. The van der Waals surface area contributed by atoms with Crippen LogP contribution in [-0.4, -0.2) is 33.2 Å². The summed E-state index contributed by atoms with van der Waals surface area (Å²) in [5, 5.41) is 0. The molecule has 1 amide bonds. The maximum Gasteiger partial charge on any atom is 0.250 e. The SMILES string of the molecule is CCc1ccc(N([C@H](C)C(=O)N2CCCc3ccccc32)S(C)(=O)=O)cc1. The number of rotatable bonds is 5. The molecule has 0 saturated carbocycles. The van der Waals surface area contributed by atoms with Crippen LogP contribution in [0, 0.1) is 0 Å². The number of hydrogen-bond acceptors (Lipinski definition) is 3. The van der Waals surface area contributed by atoms with Crippen molar-refractivity contribution >= 4 is 27.3 Å². The van der Waals surface area contributed by atoms with Gasteiger partial charge in [-0.15, -0.1) is 0 Å². The van der Waals surface area contributed by atoms with Crippen molar-refractivity contribution in [3.63, 3.8) is 0 Å². The first-order valence-electron chi connectivity index (χ1n) is 9.30. The van der Waals surface area contributed by atoms with Crippen LogP contribution in [-0.2, 0) is 27.7 Å². The van der Waals surface area contributed by atoms with Gasteiger partial charge in [0.05, 0.1) is 11.9 Å². The molecule has 5 nitrogen and oxygen atoms in total. The Kier molecular flexibility index (Phi) is 5.56. The van der Waals surface area contributed by atoms with E-state index in [-0.39, 0.29) is 5.91 Å². The predicted molar refractivity (Wildman–Crippen MR) is 110 cm³/mol. The molecule has 2 aromatic rings. The number of carbonyl (C=O) groups is 1. The minimum atomic E-state index is -3.61. The molecule has 1 heterocycles. The first kappa shape index (κ1) is 19.4. The Morgan fingerprint density at radius 1 is 1.15 bits per heavy atom. The third kappa shape index (κ3) is 4.00. The summed E-state index contributed by atoms with van der Waals surface area (Å²) in [6, 6.07) is 14.4. The molecule has 0 aliphatic carbocycles. The van der Waals surface area contributed by atoms with Crippen LogP contribution in [0.2, 0.25) is 0 Å². The Balaban J connectivity index is 1.95. The molecule has 0 unspecified atom stereocenters. The first-order chi connectivity index (χ1) is 12.8. The highest BCUT2D eigenvalue weighted by atomic mass is 32.2. The molecule has 6 heteroatoms. The summed E-state index contributed by atoms with van der Waals surface area (Å²) in [6.45, 7) is 4.31. The second-order valence-electron chi connectivity index (χ2n) is 6.98. The lowest BCUT2D eigenvalue weighted by molar-refractivity contribution is -0.119. The van der Waals surface area contributed by atoms with E-state index in [2.05, 4.69) is 0 Å². The monoisotopic (exact) mass is 386 g/mol. The Morgan fingerprint density at radius 2 is 1.81 bits per heavy atom. The molecule has 0 N–H and O–H groups in total. The van der Waals surface area contributed by atoms with Crippen molar-refractivity contribution in [3.05, 3.63) is 59.7 Å². The van der Waals surface area contributed by atoms with Crippen LogP contribution in [0.15, 0.2) is 48.5 Å². The number of hydrogen-bond donors (Lipinski definition) is 0. The molecule has 2 aromatic carbocycles. The van der Waals surface area contributed by atoms with Gasteiger partial charge < -0.3 is 4.90 Å². The summed E-state index contributed by atoms with van der Waals surface area (Å²) in [7, 11) is -3.61. The molecule has 27 heavy (non-hydrogen) atoms. The second-order valence-corrected chi connectivity index (χ2v) is 8.84. The van der Waals surface area contributed by atoms with Crippen LogP contribution in [0.3, 0.4) is 0 Å². The number of aryl methyl sites for hydroxylation is 2. The van der Waals surface area contributed by atoms with E-state index in [9.17, 15) is 13.2 Å². The van der Waals surface area contributed by atoms with Gasteiger partial charge in [0.15, 0.2) is 0 Å². The highest BCUT2D eigenvalue weighted by molar-refractivity contribution is 7.92. The van der Waals surface area contributed by atoms with Gasteiger partial charge in [-0.25, -0.2) is 8.42 Å². The van der Waals surface area contributed by atoms with Crippen molar-refractivity contribution in [2.75, 3.05) is 22.0 Å². The Morgan fingerprint density at radius 3 is 2.44 bits per heavy atom. The maximum absolute atomic E-state index is 13.3. The lowest BCUT2D eigenvalue weighted by atomic mass is 10.0. The van der Waals surface area contributed by atoms with Gasteiger partial charge >= 0.3 is 0 Å². The van der Waals surface area contributed by atoms with Gasteiger partial charge in [-0.3, -0.25) is 9.10 Å². The Hall–Kier alpha value is -2.34. The molecular weight excluding hydrogens is 360 g/mol. The van der Waals surface area contributed by atoms with Crippen LogP contribution in [0.1, 0.15) is 31.4 Å². The molecule has 0 radical (unpaired) electrons. The summed E-state index contributed by atoms with van der Waals surface area (Å²) in [4.78, 5) is 15.0. The quantitative estimate of drug-likeness (QED) is 0.791. The zero-order valence-electron chi connectivity index (χ0n) is 16.1. The van der Waals surface area contributed by atoms with E-state index in [4.69, 9.17) is 0 Å². The van der Waals surface area contributed by atoms with Crippen molar-refractivity contribution in [1.29, 1.82) is 0 Å². The first-order valence-corrected chi connectivity index (χ1v) is 11.2. The van der Waals surface area contributed by atoms with Crippen LogP contribution >= 0.6 is 0 Å². The average Bonchev–Trinajstić information content (AvgIpc) is 2.66. The van der Waals surface area contributed by atoms with Crippen LogP contribution in [0.4, 0.5) is 11.4 Å². The molecule has 1 aliphatic heterocycles. The minimum Gasteiger partial charge on any atom is -0.310 e. The molecule has 0 aromatic heterocycles. The fourth-order valence-electron chi connectivity index (χ4n) is 3.67.